The van der Waals surface area contributed by atoms with Crippen molar-refractivity contribution in [3.63, 3.8) is 0 Å². The molecule has 1 amide bonds. The first kappa shape index (κ1) is 17.0. The molecule has 0 unspecified atom stereocenters. The van der Waals surface area contributed by atoms with Crippen LogP contribution in [0.2, 0.25) is 0 Å². The monoisotopic (exact) mass is 225 g/mol. The van der Waals surface area contributed by atoms with E-state index < -0.39 is 0 Å². The van der Waals surface area contributed by atoms with Gasteiger partial charge >= 0.3 is 0 Å². The van der Waals surface area contributed by atoms with Crippen LogP contribution < -0.4 is 16.8 Å². The van der Waals surface area contributed by atoms with E-state index in [1.54, 1.807) is 7.05 Å². The molecule has 0 saturated heterocycles. The molecular formula is C12H23N3O. The molecule has 4 nitrogen and oxygen atoms in total. The molecule has 0 aromatic heterocycles. The lowest BCUT2D eigenvalue weighted by Gasteiger charge is -2.03. The van der Waals surface area contributed by atoms with Crippen LogP contribution in [0.25, 0.3) is 0 Å². The zero-order valence-corrected chi connectivity index (χ0v) is 10.6. The number of amides is 1. The summed E-state index contributed by atoms with van der Waals surface area (Å²) in [6, 6.07) is 7.91. The Hall–Kier alpha value is -1.39. The lowest BCUT2D eigenvalue weighted by Crippen LogP contribution is -2.20. The van der Waals surface area contributed by atoms with Crippen molar-refractivity contribution in [2.75, 3.05) is 21.1 Å². The number of carbonyl (C=O) groups is 1. The van der Waals surface area contributed by atoms with Crippen molar-refractivity contribution in [2.24, 2.45) is 11.5 Å². The summed E-state index contributed by atoms with van der Waals surface area (Å²) in [6.45, 7) is 2.01. The van der Waals surface area contributed by atoms with Crippen LogP contribution in [0.1, 0.15) is 11.1 Å². The summed E-state index contributed by atoms with van der Waals surface area (Å²) in [5.41, 5.74) is 11.3. The molecule has 0 aliphatic rings. The third-order valence-corrected chi connectivity index (χ3v) is 1.89. The molecule has 5 N–H and O–H groups in total. The SMILES string of the molecule is CN.CN.CNC(=O)Cc1ccccc1C. The van der Waals surface area contributed by atoms with E-state index in [2.05, 4.69) is 16.8 Å². The van der Waals surface area contributed by atoms with Gasteiger partial charge in [0.25, 0.3) is 0 Å². The Balaban J connectivity index is 0. The maximum Gasteiger partial charge on any atom is 0.224 e. The molecule has 0 fully saturated rings. The minimum atomic E-state index is 0.0595. The van der Waals surface area contributed by atoms with Gasteiger partial charge < -0.3 is 16.8 Å². The Labute approximate surface area is 98.0 Å². The molecular weight excluding hydrogens is 202 g/mol. The average molecular weight is 225 g/mol. The van der Waals surface area contributed by atoms with Crippen molar-refractivity contribution in [3.05, 3.63) is 35.4 Å². The van der Waals surface area contributed by atoms with Crippen molar-refractivity contribution >= 4 is 5.91 Å². The summed E-state index contributed by atoms with van der Waals surface area (Å²) in [5.74, 6) is 0.0595. The topological polar surface area (TPSA) is 81.1 Å². The minimum absolute atomic E-state index is 0.0595. The Bertz CT molecular complexity index is 287. The largest absolute Gasteiger partial charge is 0.359 e. The molecule has 0 radical (unpaired) electrons. The van der Waals surface area contributed by atoms with Gasteiger partial charge in [-0.05, 0) is 32.1 Å². The predicted molar refractivity (Wildman–Crippen MR) is 69.2 cm³/mol. The molecule has 1 aromatic carbocycles. The Morgan fingerprint density at radius 1 is 1.19 bits per heavy atom. The predicted octanol–water partition coefficient (Wildman–Crippen LogP) is 0.433. The molecule has 0 atom stereocenters. The van der Waals surface area contributed by atoms with E-state index >= 15 is 0 Å². The molecule has 0 spiro atoms. The maximum atomic E-state index is 11.0. The molecule has 0 aliphatic heterocycles. The van der Waals surface area contributed by atoms with Crippen molar-refractivity contribution in [2.45, 2.75) is 13.3 Å². The van der Waals surface area contributed by atoms with Gasteiger partial charge in [0.1, 0.15) is 0 Å². The van der Waals surface area contributed by atoms with Crippen LogP contribution in [-0.4, -0.2) is 27.1 Å². The highest BCUT2D eigenvalue weighted by molar-refractivity contribution is 5.78. The highest BCUT2D eigenvalue weighted by atomic mass is 16.1. The normalized spacial score (nSPS) is 7.88. The van der Waals surface area contributed by atoms with E-state index in [1.807, 2.05) is 31.2 Å². The highest BCUT2D eigenvalue weighted by Gasteiger charge is 2.01. The Morgan fingerprint density at radius 2 is 1.69 bits per heavy atom. The number of aryl methyl sites for hydroxylation is 1. The smallest absolute Gasteiger partial charge is 0.224 e. The molecule has 0 saturated carbocycles. The quantitative estimate of drug-likeness (QED) is 0.683. The van der Waals surface area contributed by atoms with Crippen LogP contribution in [0, 0.1) is 6.92 Å². The third-order valence-electron chi connectivity index (χ3n) is 1.89. The fourth-order valence-corrected chi connectivity index (χ4v) is 1.07. The molecule has 16 heavy (non-hydrogen) atoms. The Kier molecular flexibility index (Phi) is 12.4. The summed E-state index contributed by atoms with van der Waals surface area (Å²) >= 11 is 0. The molecule has 1 rings (SSSR count). The lowest BCUT2D eigenvalue weighted by atomic mass is 10.1. The van der Waals surface area contributed by atoms with Crippen LogP contribution >= 0.6 is 0 Å². The van der Waals surface area contributed by atoms with E-state index in [0.717, 1.165) is 5.56 Å². The van der Waals surface area contributed by atoms with E-state index in [0.29, 0.717) is 6.42 Å². The van der Waals surface area contributed by atoms with E-state index in [1.165, 1.54) is 19.7 Å². The van der Waals surface area contributed by atoms with Gasteiger partial charge in [0.15, 0.2) is 0 Å². The fraction of sp³-hybridized carbons (Fsp3) is 0.417. The highest BCUT2D eigenvalue weighted by Crippen LogP contribution is 2.06. The second kappa shape index (κ2) is 11.7. The molecule has 4 heteroatoms. The van der Waals surface area contributed by atoms with Crippen LogP contribution in [0.5, 0.6) is 0 Å². The number of nitrogens with one attached hydrogen (secondary N) is 1. The summed E-state index contributed by atoms with van der Waals surface area (Å²) in [6.07, 6.45) is 0.475. The minimum Gasteiger partial charge on any atom is -0.359 e. The first-order valence-corrected chi connectivity index (χ1v) is 5.14. The first-order valence-electron chi connectivity index (χ1n) is 5.14. The van der Waals surface area contributed by atoms with Gasteiger partial charge in [-0.3, -0.25) is 4.79 Å². The molecule has 1 aromatic rings. The summed E-state index contributed by atoms with van der Waals surface area (Å²) in [5, 5.41) is 2.60. The van der Waals surface area contributed by atoms with Crippen molar-refractivity contribution in [1.82, 2.24) is 5.32 Å². The van der Waals surface area contributed by atoms with Crippen LogP contribution in [0.3, 0.4) is 0 Å². The van der Waals surface area contributed by atoms with Crippen molar-refractivity contribution in [1.29, 1.82) is 0 Å². The van der Waals surface area contributed by atoms with Gasteiger partial charge in [-0.15, -0.1) is 0 Å². The van der Waals surface area contributed by atoms with Gasteiger partial charge in [-0.1, -0.05) is 24.3 Å². The van der Waals surface area contributed by atoms with Gasteiger partial charge in [-0.2, -0.15) is 0 Å². The fourth-order valence-electron chi connectivity index (χ4n) is 1.07. The van der Waals surface area contributed by atoms with E-state index in [4.69, 9.17) is 0 Å². The lowest BCUT2D eigenvalue weighted by molar-refractivity contribution is -0.119. The average Bonchev–Trinajstić information content (AvgIpc) is 2.37. The van der Waals surface area contributed by atoms with Crippen molar-refractivity contribution in [3.8, 4) is 0 Å². The number of rotatable bonds is 2. The standard InChI is InChI=1S/C10H13NO.2CH5N/c1-8-5-3-4-6-9(8)7-10(12)11-2;2*1-2/h3-6H,7H2,1-2H3,(H,11,12);2*2H2,1H3. The number of hydrogen-bond donors (Lipinski definition) is 3. The number of carbonyl (C=O) groups excluding carboxylic acids is 1. The van der Waals surface area contributed by atoms with Gasteiger partial charge in [0, 0.05) is 7.05 Å². The van der Waals surface area contributed by atoms with E-state index in [-0.39, 0.29) is 5.91 Å². The van der Waals surface area contributed by atoms with Gasteiger partial charge in [0.05, 0.1) is 6.42 Å². The third kappa shape index (κ3) is 6.98. The van der Waals surface area contributed by atoms with E-state index in [9.17, 15) is 4.79 Å². The number of nitrogens with two attached hydrogens (primary N) is 2. The summed E-state index contributed by atoms with van der Waals surface area (Å²) in [4.78, 5) is 11.0. The summed E-state index contributed by atoms with van der Waals surface area (Å²) in [7, 11) is 4.65. The zero-order valence-electron chi connectivity index (χ0n) is 10.6. The number of benzene rings is 1. The van der Waals surface area contributed by atoms with Gasteiger partial charge in [0.2, 0.25) is 5.91 Å². The first-order chi connectivity index (χ1) is 7.74. The Morgan fingerprint density at radius 3 is 2.12 bits per heavy atom. The number of likely N-dealkylation sites (N-methyl/N-ethyl adjacent to an activating group) is 1. The van der Waals surface area contributed by atoms with Gasteiger partial charge in [-0.25, -0.2) is 0 Å². The molecule has 92 valence electrons. The second-order valence-electron chi connectivity index (χ2n) is 2.78. The molecule has 0 heterocycles. The molecule has 0 aliphatic carbocycles. The van der Waals surface area contributed by atoms with Crippen molar-refractivity contribution < 1.29 is 4.79 Å². The zero-order chi connectivity index (χ0) is 13.0. The maximum absolute atomic E-state index is 11.0. The van der Waals surface area contributed by atoms with Crippen LogP contribution in [-0.2, 0) is 11.2 Å². The van der Waals surface area contributed by atoms with Crippen LogP contribution in [0.15, 0.2) is 24.3 Å². The molecule has 0 bridgehead atoms. The second-order valence-corrected chi connectivity index (χ2v) is 2.78. The van der Waals surface area contributed by atoms with Crippen LogP contribution in [0.4, 0.5) is 0 Å². The summed E-state index contributed by atoms with van der Waals surface area (Å²) < 4.78 is 0. The number of hydrogen-bond acceptors (Lipinski definition) is 3.